The molecule has 106 valence electrons. The molecule has 0 bridgehead atoms. The molecule has 1 amide bonds. The predicted octanol–water partition coefficient (Wildman–Crippen LogP) is 3.30. The summed E-state index contributed by atoms with van der Waals surface area (Å²) < 4.78 is 27.5. The van der Waals surface area contributed by atoms with Crippen molar-refractivity contribution in [1.82, 2.24) is 5.32 Å². The average Bonchev–Trinajstić information content (AvgIpc) is 2.30. The molecular formula is C13H17BrF2N2O. The van der Waals surface area contributed by atoms with Crippen molar-refractivity contribution in [3.8, 4) is 0 Å². The summed E-state index contributed by atoms with van der Waals surface area (Å²) in [6.07, 6.45) is 0. The molecule has 0 spiro atoms. The zero-order valence-electron chi connectivity index (χ0n) is 11.1. The van der Waals surface area contributed by atoms with E-state index in [1.165, 1.54) is 0 Å². The summed E-state index contributed by atoms with van der Waals surface area (Å²) >= 11 is 3.00. The molecule has 0 saturated heterocycles. The van der Waals surface area contributed by atoms with Crippen LogP contribution in [-0.4, -0.2) is 18.5 Å². The molecule has 0 fully saturated rings. The van der Waals surface area contributed by atoms with Gasteiger partial charge in [0.1, 0.15) is 23.4 Å². The number of nitrogens with one attached hydrogen (secondary N) is 2. The first-order chi connectivity index (χ1) is 8.81. The molecular weight excluding hydrogens is 318 g/mol. The van der Waals surface area contributed by atoms with Crippen LogP contribution >= 0.6 is 15.9 Å². The minimum Gasteiger partial charge on any atom is -0.369 e. The van der Waals surface area contributed by atoms with Crippen molar-refractivity contribution in [2.75, 3.05) is 11.9 Å². The number of anilines is 1. The fourth-order valence-electron chi connectivity index (χ4n) is 1.42. The van der Waals surface area contributed by atoms with E-state index in [1.54, 1.807) is 6.92 Å². The molecule has 19 heavy (non-hydrogen) atoms. The molecule has 0 aliphatic rings. The predicted molar refractivity (Wildman–Crippen MR) is 75.0 cm³/mol. The van der Waals surface area contributed by atoms with E-state index in [9.17, 15) is 13.6 Å². The molecule has 1 aromatic rings. The quantitative estimate of drug-likeness (QED) is 0.867. The first kappa shape index (κ1) is 15.9. The van der Waals surface area contributed by atoms with Crippen molar-refractivity contribution in [3.05, 3.63) is 28.2 Å². The minimum absolute atomic E-state index is 0.296. The van der Waals surface area contributed by atoms with Crippen molar-refractivity contribution in [1.29, 1.82) is 0 Å². The summed E-state index contributed by atoms with van der Waals surface area (Å²) in [4.78, 5) is 11.7. The van der Waals surface area contributed by atoms with Gasteiger partial charge in [0.05, 0.1) is 0 Å². The molecule has 6 heteroatoms. The number of amides is 1. The molecule has 0 saturated carbocycles. The van der Waals surface area contributed by atoms with E-state index < -0.39 is 17.7 Å². The topological polar surface area (TPSA) is 41.1 Å². The monoisotopic (exact) mass is 334 g/mol. The number of carbonyl (C=O) groups is 1. The first-order valence-corrected chi connectivity index (χ1v) is 6.79. The molecule has 1 atom stereocenters. The number of halogens is 3. The summed E-state index contributed by atoms with van der Waals surface area (Å²) in [6.45, 7) is 6.01. The van der Waals surface area contributed by atoms with Gasteiger partial charge in [-0.15, -0.1) is 0 Å². The van der Waals surface area contributed by atoms with Crippen LogP contribution in [0.4, 0.5) is 14.5 Å². The number of benzene rings is 1. The molecule has 1 unspecified atom stereocenters. The average molecular weight is 335 g/mol. The van der Waals surface area contributed by atoms with Crippen molar-refractivity contribution in [2.45, 2.75) is 26.8 Å². The van der Waals surface area contributed by atoms with Gasteiger partial charge in [-0.1, -0.05) is 29.8 Å². The lowest BCUT2D eigenvalue weighted by molar-refractivity contribution is -0.121. The van der Waals surface area contributed by atoms with E-state index in [0.717, 1.165) is 12.1 Å². The normalized spacial score (nSPS) is 12.4. The Hall–Kier alpha value is -1.17. The van der Waals surface area contributed by atoms with Crippen LogP contribution in [0.1, 0.15) is 20.8 Å². The Morgan fingerprint density at radius 2 is 1.79 bits per heavy atom. The maximum atomic E-state index is 13.6. The van der Waals surface area contributed by atoms with Gasteiger partial charge in [-0.3, -0.25) is 4.79 Å². The third-order valence-corrected chi connectivity index (χ3v) is 2.90. The lowest BCUT2D eigenvalue weighted by Crippen LogP contribution is -2.39. The highest BCUT2D eigenvalue weighted by Crippen LogP contribution is 2.24. The fourth-order valence-corrected chi connectivity index (χ4v) is 1.82. The number of hydrogen-bond acceptors (Lipinski definition) is 2. The van der Waals surface area contributed by atoms with Gasteiger partial charge in [0.15, 0.2) is 0 Å². The van der Waals surface area contributed by atoms with Crippen molar-refractivity contribution in [2.24, 2.45) is 5.92 Å². The summed E-state index contributed by atoms with van der Waals surface area (Å²) in [5.41, 5.74) is -0.296. The van der Waals surface area contributed by atoms with Gasteiger partial charge >= 0.3 is 0 Å². The van der Waals surface area contributed by atoms with E-state index in [2.05, 4.69) is 26.6 Å². The lowest BCUT2D eigenvalue weighted by atomic mass is 10.2. The Morgan fingerprint density at radius 1 is 1.26 bits per heavy atom. The molecule has 3 nitrogen and oxygen atoms in total. The van der Waals surface area contributed by atoms with Crippen LogP contribution in [-0.2, 0) is 4.79 Å². The van der Waals surface area contributed by atoms with Crippen molar-refractivity contribution in [3.63, 3.8) is 0 Å². The number of rotatable bonds is 5. The third kappa shape index (κ3) is 4.78. The maximum Gasteiger partial charge on any atom is 0.242 e. The van der Waals surface area contributed by atoms with Gasteiger partial charge < -0.3 is 10.6 Å². The van der Waals surface area contributed by atoms with Crippen molar-refractivity contribution >= 4 is 27.5 Å². The van der Waals surface area contributed by atoms with E-state index in [0.29, 0.717) is 16.9 Å². The lowest BCUT2D eigenvalue weighted by Gasteiger charge is -2.17. The Labute approximate surface area is 119 Å². The second-order valence-electron chi connectivity index (χ2n) is 4.75. The Kier molecular flexibility index (Phi) is 5.72. The third-order valence-electron chi connectivity index (χ3n) is 2.45. The van der Waals surface area contributed by atoms with Crippen LogP contribution in [0.2, 0.25) is 0 Å². The zero-order valence-corrected chi connectivity index (χ0v) is 12.6. The molecule has 0 heterocycles. The Morgan fingerprint density at radius 3 is 2.26 bits per heavy atom. The van der Waals surface area contributed by atoms with Crippen LogP contribution in [0.5, 0.6) is 0 Å². The van der Waals surface area contributed by atoms with Gasteiger partial charge in [-0.25, -0.2) is 8.78 Å². The number of hydrogen-bond donors (Lipinski definition) is 2. The van der Waals surface area contributed by atoms with Crippen LogP contribution < -0.4 is 10.6 Å². The smallest absolute Gasteiger partial charge is 0.242 e. The van der Waals surface area contributed by atoms with E-state index in [-0.39, 0.29) is 11.6 Å². The highest BCUT2D eigenvalue weighted by molar-refractivity contribution is 9.10. The second-order valence-corrected chi connectivity index (χ2v) is 5.67. The maximum absolute atomic E-state index is 13.6. The zero-order chi connectivity index (χ0) is 14.6. The van der Waals surface area contributed by atoms with Crippen LogP contribution in [0.3, 0.4) is 0 Å². The molecule has 0 aromatic heterocycles. The largest absolute Gasteiger partial charge is 0.369 e. The van der Waals surface area contributed by atoms with E-state index >= 15 is 0 Å². The van der Waals surface area contributed by atoms with Gasteiger partial charge in [-0.2, -0.15) is 0 Å². The number of carbonyl (C=O) groups excluding carboxylic acids is 1. The van der Waals surface area contributed by atoms with Crippen LogP contribution in [0.15, 0.2) is 16.6 Å². The molecule has 0 aliphatic carbocycles. The highest BCUT2D eigenvalue weighted by atomic mass is 79.9. The van der Waals surface area contributed by atoms with Crippen LogP contribution in [0.25, 0.3) is 0 Å². The molecule has 0 radical (unpaired) electrons. The minimum atomic E-state index is -0.740. The fraction of sp³-hybridized carbons (Fsp3) is 0.462. The van der Waals surface area contributed by atoms with Gasteiger partial charge in [0.25, 0.3) is 0 Å². The summed E-state index contributed by atoms with van der Waals surface area (Å²) in [5.74, 6) is -1.46. The molecule has 1 aromatic carbocycles. The van der Waals surface area contributed by atoms with Gasteiger partial charge in [0.2, 0.25) is 5.91 Å². The summed E-state index contributed by atoms with van der Waals surface area (Å²) in [5, 5.41) is 5.24. The molecule has 0 aliphatic heterocycles. The van der Waals surface area contributed by atoms with E-state index in [1.807, 2.05) is 13.8 Å². The Balaban J connectivity index is 2.71. The summed E-state index contributed by atoms with van der Waals surface area (Å²) in [6, 6.07) is 1.57. The first-order valence-electron chi connectivity index (χ1n) is 6.00. The van der Waals surface area contributed by atoms with Gasteiger partial charge in [-0.05, 0) is 25.0 Å². The summed E-state index contributed by atoms with van der Waals surface area (Å²) in [7, 11) is 0. The van der Waals surface area contributed by atoms with E-state index in [4.69, 9.17) is 0 Å². The molecule has 1 rings (SSSR count). The van der Waals surface area contributed by atoms with Crippen molar-refractivity contribution < 1.29 is 13.6 Å². The SMILES string of the molecule is CC(C)CNC(=O)C(C)Nc1c(F)cc(Br)cc1F. The molecule has 2 N–H and O–H groups in total. The van der Waals surface area contributed by atoms with Gasteiger partial charge in [0, 0.05) is 11.0 Å². The Bertz CT molecular complexity index is 443. The standard InChI is InChI=1S/C13H17BrF2N2O/c1-7(2)6-17-13(19)8(3)18-12-10(15)4-9(14)5-11(12)16/h4-5,7-8,18H,6H2,1-3H3,(H,17,19). The second kappa shape index (κ2) is 6.84. The van der Waals surface area contributed by atoms with Crippen LogP contribution in [0, 0.1) is 17.6 Å². The highest BCUT2D eigenvalue weighted by Gasteiger charge is 2.17.